The average Bonchev–Trinajstić information content (AvgIpc) is 2.38. The summed E-state index contributed by atoms with van der Waals surface area (Å²) in [5.74, 6) is 0.103. The van der Waals surface area contributed by atoms with Crippen LogP contribution in [-0.2, 0) is 11.4 Å². The lowest BCUT2D eigenvalue weighted by molar-refractivity contribution is -0.0499. The number of rotatable bonds is 7. The summed E-state index contributed by atoms with van der Waals surface area (Å²) in [6.45, 7) is 4.80. The molecule has 0 bridgehead atoms. The summed E-state index contributed by atoms with van der Waals surface area (Å²) in [4.78, 5) is 0. The minimum atomic E-state index is -2.85. The highest BCUT2D eigenvalue weighted by Crippen LogP contribution is 2.25. The molecule has 1 aromatic carbocycles. The summed E-state index contributed by atoms with van der Waals surface area (Å²) < 4.78 is 43.6. The van der Waals surface area contributed by atoms with E-state index in [1.54, 1.807) is 12.1 Å². The van der Waals surface area contributed by atoms with Gasteiger partial charge in [0.05, 0.1) is 6.04 Å². The third kappa shape index (κ3) is 4.92. The first kappa shape index (κ1) is 17.2. The molecule has 0 aliphatic heterocycles. The van der Waals surface area contributed by atoms with Gasteiger partial charge >= 0.3 is 6.61 Å². The lowest BCUT2D eigenvalue weighted by Gasteiger charge is -2.29. The van der Waals surface area contributed by atoms with E-state index in [4.69, 9.17) is 0 Å². The number of hydrogen-bond donors (Lipinski definition) is 1. The second-order valence-electron chi connectivity index (χ2n) is 5.17. The predicted octanol–water partition coefficient (Wildman–Crippen LogP) is 3.79. The summed E-state index contributed by atoms with van der Waals surface area (Å²) in [5.41, 5.74) is 0.753. The van der Waals surface area contributed by atoms with Gasteiger partial charge in [-0.1, -0.05) is 19.1 Å². The van der Waals surface area contributed by atoms with Crippen LogP contribution in [0.3, 0.4) is 0 Å². The molecule has 6 heteroatoms. The van der Waals surface area contributed by atoms with Crippen molar-refractivity contribution >= 4 is 11.4 Å². The molecule has 114 valence electrons. The van der Waals surface area contributed by atoms with Gasteiger partial charge in [-0.15, -0.1) is 4.72 Å². The van der Waals surface area contributed by atoms with Gasteiger partial charge in [-0.3, -0.25) is 0 Å². The summed E-state index contributed by atoms with van der Waals surface area (Å²) in [6, 6.07) is 6.20. The zero-order chi connectivity index (χ0) is 15.3. The fourth-order valence-electron chi connectivity index (χ4n) is 1.48. The number of ether oxygens (including phenoxy) is 1. The molecule has 0 aliphatic rings. The average molecular weight is 305 g/mol. The van der Waals surface area contributed by atoms with Gasteiger partial charge in [0.15, 0.2) is 0 Å². The first-order valence-electron chi connectivity index (χ1n) is 6.49. The van der Waals surface area contributed by atoms with Crippen LogP contribution in [-0.4, -0.2) is 15.9 Å². The first-order valence-corrected chi connectivity index (χ1v) is 7.64. The SMILES string of the molecule is CCC(C)(C)[S+]([O-])NC(C)c1cccc(OC(F)F)c1. The van der Waals surface area contributed by atoms with E-state index < -0.39 is 18.0 Å². The Bertz CT molecular complexity index is 429. The van der Waals surface area contributed by atoms with Gasteiger partial charge in [0.2, 0.25) is 0 Å². The van der Waals surface area contributed by atoms with E-state index in [1.165, 1.54) is 12.1 Å². The Balaban J connectivity index is 2.74. The first-order chi connectivity index (χ1) is 9.26. The highest BCUT2D eigenvalue weighted by molar-refractivity contribution is 7.90. The minimum Gasteiger partial charge on any atom is -0.598 e. The van der Waals surface area contributed by atoms with E-state index in [2.05, 4.69) is 9.46 Å². The molecule has 20 heavy (non-hydrogen) atoms. The van der Waals surface area contributed by atoms with Crippen molar-refractivity contribution in [3.8, 4) is 5.75 Å². The molecule has 1 N–H and O–H groups in total. The molecular weight excluding hydrogens is 284 g/mol. The molecule has 1 rings (SSSR count). The Labute approximate surface area is 122 Å². The van der Waals surface area contributed by atoms with E-state index in [-0.39, 0.29) is 16.5 Å². The molecule has 1 aromatic rings. The second kappa shape index (κ2) is 7.24. The summed E-state index contributed by atoms with van der Waals surface area (Å²) in [7, 11) is 0. The second-order valence-corrected chi connectivity index (χ2v) is 7.05. The largest absolute Gasteiger partial charge is 0.598 e. The lowest BCUT2D eigenvalue weighted by atomic mass is 10.1. The molecule has 0 spiro atoms. The Kier molecular flexibility index (Phi) is 6.23. The van der Waals surface area contributed by atoms with Crippen molar-refractivity contribution in [2.45, 2.75) is 51.5 Å². The van der Waals surface area contributed by atoms with Crippen molar-refractivity contribution in [1.82, 2.24) is 4.72 Å². The van der Waals surface area contributed by atoms with Crippen LogP contribution in [0.2, 0.25) is 0 Å². The standard InChI is InChI=1S/C14H21F2NO2S/c1-5-14(3,4)20(18)17-10(2)11-7-6-8-12(9-11)19-13(15)16/h6-10,13,17H,5H2,1-4H3. The number of benzene rings is 1. The van der Waals surface area contributed by atoms with Crippen molar-refractivity contribution in [3.05, 3.63) is 29.8 Å². The van der Waals surface area contributed by atoms with Gasteiger partial charge < -0.3 is 9.29 Å². The third-order valence-corrected chi connectivity index (χ3v) is 5.08. The maximum absolute atomic E-state index is 12.2. The van der Waals surface area contributed by atoms with Crippen molar-refractivity contribution < 1.29 is 18.1 Å². The van der Waals surface area contributed by atoms with Crippen LogP contribution in [0.5, 0.6) is 5.75 Å². The van der Waals surface area contributed by atoms with E-state index in [9.17, 15) is 13.3 Å². The van der Waals surface area contributed by atoms with Crippen molar-refractivity contribution in [2.75, 3.05) is 0 Å². The fraction of sp³-hybridized carbons (Fsp3) is 0.571. The molecule has 0 amide bonds. The fourth-order valence-corrected chi connectivity index (χ4v) is 2.52. The van der Waals surface area contributed by atoms with Crippen molar-refractivity contribution in [3.63, 3.8) is 0 Å². The van der Waals surface area contributed by atoms with Crippen LogP contribution >= 0.6 is 0 Å². The summed E-state index contributed by atoms with van der Waals surface area (Å²) in [6.07, 6.45) is 0.772. The summed E-state index contributed by atoms with van der Waals surface area (Å²) >= 11 is -1.22. The van der Waals surface area contributed by atoms with Crippen molar-refractivity contribution in [2.24, 2.45) is 0 Å². The number of hydrogen-bond acceptors (Lipinski definition) is 3. The number of nitrogens with one attached hydrogen (secondary N) is 1. The summed E-state index contributed by atoms with van der Waals surface area (Å²) in [5, 5.41) is 0. The quantitative estimate of drug-likeness (QED) is 0.779. The Hall–Kier alpha value is -0.850. The molecule has 0 aliphatic carbocycles. The Morgan fingerprint density at radius 3 is 2.60 bits per heavy atom. The van der Waals surface area contributed by atoms with E-state index in [0.717, 1.165) is 12.0 Å². The molecule has 3 nitrogen and oxygen atoms in total. The molecule has 0 heterocycles. The predicted molar refractivity (Wildman–Crippen MR) is 77.1 cm³/mol. The van der Waals surface area contributed by atoms with Crippen molar-refractivity contribution in [1.29, 1.82) is 0 Å². The maximum atomic E-state index is 12.2. The van der Waals surface area contributed by atoms with Crippen LogP contribution in [0.15, 0.2) is 24.3 Å². The zero-order valence-corrected chi connectivity index (χ0v) is 13.0. The number of alkyl halides is 2. The molecule has 0 saturated heterocycles. The van der Waals surface area contributed by atoms with Crippen LogP contribution in [0.4, 0.5) is 8.78 Å². The van der Waals surface area contributed by atoms with E-state index in [1.807, 2.05) is 27.7 Å². The van der Waals surface area contributed by atoms with Gasteiger partial charge in [0, 0.05) is 11.4 Å². The lowest BCUT2D eigenvalue weighted by Crippen LogP contribution is -2.42. The van der Waals surface area contributed by atoms with Crippen LogP contribution in [0.1, 0.15) is 45.7 Å². The van der Waals surface area contributed by atoms with E-state index >= 15 is 0 Å². The van der Waals surface area contributed by atoms with Gasteiger partial charge in [-0.05, 0) is 44.9 Å². The smallest absolute Gasteiger partial charge is 0.387 e. The highest BCUT2D eigenvalue weighted by Gasteiger charge is 2.31. The van der Waals surface area contributed by atoms with Gasteiger partial charge in [0.1, 0.15) is 10.5 Å². The third-order valence-electron chi connectivity index (χ3n) is 3.22. The van der Waals surface area contributed by atoms with E-state index in [0.29, 0.717) is 0 Å². The topological polar surface area (TPSA) is 44.3 Å². The highest BCUT2D eigenvalue weighted by atomic mass is 32.2. The molecule has 0 aromatic heterocycles. The van der Waals surface area contributed by atoms with Crippen LogP contribution in [0.25, 0.3) is 0 Å². The minimum absolute atomic E-state index is 0.103. The molecule has 0 fully saturated rings. The van der Waals surface area contributed by atoms with Crippen LogP contribution in [0, 0.1) is 0 Å². The monoisotopic (exact) mass is 305 g/mol. The molecule has 2 unspecified atom stereocenters. The Morgan fingerprint density at radius 1 is 1.40 bits per heavy atom. The van der Waals surface area contributed by atoms with Gasteiger partial charge in [0.25, 0.3) is 0 Å². The molecule has 0 saturated carbocycles. The maximum Gasteiger partial charge on any atom is 0.387 e. The Morgan fingerprint density at radius 2 is 2.05 bits per heavy atom. The normalized spacial score (nSPS) is 15.2. The zero-order valence-electron chi connectivity index (χ0n) is 12.2. The van der Waals surface area contributed by atoms with Crippen LogP contribution < -0.4 is 9.46 Å². The number of halogens is 2. The molecular formula is C14H21F2NO2S. The van der Waals surface area contributed by atoms with Gasteiger partial charge in [-0.2, -0.15) is 8.78 Å². The molecule has 0 radical (unpaired) electrons. The van der Waals surface area contributed by atoms with Gasteiger partial charge in [-0.25, -0.2) is 0 Å². The molecule has 2 atom stereocenters.